The summed E-state index contributed by atoms with van der Waals surface area (Å²) in [5.41, 5.74) is 0.982. The molecule has 0 aliphatic heterocycles. The Morgan fingerprint density at radius 3 is 2.89 bits per heavy atom. The van der Waals surface area contributed by atoms with Gasteiger partial charge in [-0.05, 0) is 24.5 Å². The molecule has 102 valence electrons. The van der Waals surface area contributed by atoms with Crippen molar-refractivity contribution in [2.24, 2.45) is 5.92 Å². The normalized spacial score (nSPS) is 11.6. The fraction of sp³-hybridized carbons (Fsp3) is 0.467. The highest BCUT2D eigenvalue weighted by Crippen LogP contribution is 2.13. The summed E-state index contributed by atoms with van der Waals surface area (Å²) in [6.07, 6.45) is 2.21. The number of hydrogen-bond donors (Lipinski definition) is 1. The zero-order chi connectivity index (χ0) is 14.1. The highest BCUT2D eigenvalue weighted by atomic mass is 16.5. The molecule has 1 amide bonds. The van der Waals surface area contributed by atoms with Gasteiger partial charge in [-0.1, -0.05) is 32.4 Å². The van der Waals surface area contributed by atoms with Gasteiger partial charge in [0.25, 0.3) is 0 Å². The van der Waals surface area contributed by atoms with Crippen LogP contribution in [0, 0.1) is 17.2 Å². The predicted octanol–water partition coefficient (Wildman–Crippen LogP) is 2.95. The summed E-state index contributed by atoms with van der Waals surface area (Å²) in [7, 11) is 0. The first-order valence-electron chi connectivity index (χ1n) is 6.54. The second kappa shape index (κ2) is 8.28. The number of carbonyl (C=O) groups excluding carboxylic acids is 1. The van der Waals surface area contributed by atoms with E-state index in [4.69, 9.17) is 10.00 Å². The summed E-state index contributed by atoms with van der Waals surface area (Å²) >= 11 is 0. The molecule has 1 aromatic carbocycles. The van der Waals surface area contributed by atoms with Crippen LogP contribution in [0.1, 0.15) is 32.3 Å². The van der Waals surface area contributed by atoms with Crippen LogP contribution in [0.2, 0.25) is 0 Å². The fourth-order valence-corrected chi connectivity index (χ4v) is 1.80. The molecule has 1 atom stereocenters. The number of amides is 1. The summed E-state index contributed by atoms with van der Waals surface area (Å²) < 4.78 is 5.36. The highest BCUT2D eigenvalue weighted by Gasteiger charge is 2.07. The third kappa shape index (κ3) is 5.54. The summed E-state index contributed by atoms with van der Waals surface area (Å²) in [4.78, 5) is 11.7. The molecule has 0 saturated carbocycles. The van der Waals surface area contributed by atoms with Gasteiger partial charge in [0.15, 0.2) is 0 Å². The maximum atomic E-state index is 11.7. The summed E-state index contributed by atoms with van der Waals surface area (Å²) in [5.74, 6) is 0.232. The van der Waals surface area contributed by atoms with Crippen molar-refractivity contribution in [3.8, 4) is 6.07 Å². The molecule has 4 heteroatoms. The second-order valence-corrected chi connectivity index (χ2v) is 4.61. The smallest absolute Gasteiger partial charge is 0.250 e. The molecule has 1 N–H and O–H groups in total. The average molecular weight is 260 g/mol. The van der Waals surface area contributed by atoms with Crippen molar-refractivity contribution < 1.29 is 9.53 Å². The number of rotatable bonds is 7. The van der Waals surface area contributed by atoms with Crippen LogP contribution in [0.25, 0.3) is 0 Å². The zero-order valence-corrected chi connectivity index (χ0v) is 11.5. The quantitative estimate of drug-likeness (QED) is 0.819. The van der Waals surface area contributed by atoms with E-state index >= 15 is 0 Å². The number of nitriles is 1. The van der Waals surface area contributed by atoms with Gasteiger partial charge in [0.2, 0.25) is 5.91 Å². The van der Waals surface area contributed by atoms with Crippen LogP contribution in [-0.4, -0.2) is 19.1 Å². The van der Waals surface area contributed by atoms with Crippen molar-refractivity contribution >= 4 is 11.6 Å². The topological polar surface area (TPSA) is 62.1 Å². The summed E-state index contributed by atoms with van der Waals surface area (Å²) in [6, 6.07) is 8.95. The molecular weight excluding hydrogens is 240 g/mol. The molecule has 0 bridgehead atoms. The van der Waals surface area contributed by atoms with E-state index in [0.717, 1.165) is 12.8 Å². The van der Waals surface area contributed by atoms with Crippen molar-refractivity contribution in [3.05, 3.63) is 29.8 Å². The maximum Gasteiger partial charge on any atom is 0.250 e. The van der Waals surface area contributed by atoms with Gasteiger partial charge in [-0.15, -0.1) is 0 Å². The van der Waals surface area contributed by atoms with Crippen molar-refractivity contribution in [1.82, 2.24) is 0 Å². The highest BCUT2D eigenvalue weighted by molar-refractivity contribution is 5.92. The Bertz CT molecular complexity index is 452. The Morgan fingerprint density at radius 1 is 1.47 bits per heavy atom. The van der Waals surface area contributed by atoms with E-state index in [2.05, 4.69) is 19.2 Å². The molecular formula is C15H20N2O2. The van der Waals surface area contributed by atoms with Crippen LogP contribution in [0.3, 0.4) is 0 Å². The standard InChI is InChI=1S/C15H20N2O2/c1-3-6-12(2)10-19-11-15(18)17-14-8-5-4-7-13(14)9-16/h4-5,7-8,12H,3,6,10-11H2,1-2H3,(H,17,18). The molecule has 4 nitrogen and oxygen atoms in total. The van der Waals surface area contributed by atoms with Crippen molar-refractivity contribution in [3.63, 3.8) is 0 Å². The minimum absolute atomic E-state index is 0.0216. The molecule has 0 spiro atoms. The average Bonchev–Trinajstić information content (AvgIpc) is 2.39. The minimum atomic E-state index is -0.230. The lowest BCUT2D eigenvalue weighted by atomic mass is 10.1. The van der Waals surface area contributed by atoms with E-state index in [1.807, 2.05) is 6.07 Å². The number of hydrogen-bond acceptors (Lipinski definition) is 3. The predicted molar refractivity (Wildman–Crippen MR) is 74.7 cm³/mol. The lowest BCUT2D eigenvalue weighted by Crippen LogP contribution is -2.20. The van der Waals surface area contributed by atoms with E-state index in [0.29, 0.717) is 23.8 Å². The van der Waals surface area contributed by atoms with Gasteiger partial charge in [-0.25, -0.2) is 0 Å². The van der Waals surface area contributed by atoms with E-state index < -0.39 is 0 Å². The van der Waals surface area contributed by atoms with Crippen molar-refractivity contribution in [1.29, 1.82) is 5.26 Å². The first-order chi connectivity index (χ1) is 9.17. The molecule has 0 saturated heterocycles. The van der Waals surface area contributed by atoms with E-state index in [1.54, 1.807) is 24.3 Å². The summed E-state index contributed by atoms with van der Waals surface area (Å²) in [5, 5.41) is 11.6. The summed E-state index contributed by atoms with van der Waals surface area (Å²) in [6.45, 7) is 4.84. The minimum Gasteiger partial charge on any atom is -0.371 e. The van der Waals surface area contributed by atoms with Crippen LogP contribution in [0.15, 0.2) is 24.3 Å². The monoisotopic (exact) mass is 260 g/mol. The van der Waals surface area contributed by atoms with E-state index in [-0.39, 0.29) is 12.5 Å². The van der Waals surface area contributed by atoms with Gasteiger partial charge in [0, 0.05) is 6.61 Å². The molecule has 1 rings (SSSR count). The number of nitrogens with zero attached hydrogens (tertiary/aromatic N) is 1. The Balaban J connectivity index is 2.37. The second-order valence-electron chi connectivity index (χ2n) is 4.61. The van der Waals surface area contributed by atoms with Gasteiger partial charge in [0.1, 0.15) is 12.7 Å². The molecule has 0 fully saturated rings. The maximum absolute atomic E-state index is 11.7. The van der Waals surface area contributed by atoms with Gasteiger partial charge in [-0.2, -0.15) is 5.26 Å². The van der Waals surface area contributed by atoms with Crippen LogP contribution in [0.5, 0.6) is 0 Å². The van der Waals surface area contributed by atoms with Gasteiger partial charge in [0.05, 0.1) is 11.3 Å². The fourth-order valence-electron chi connectivity index (χ4n) is 1.80. The zero-order valence-electron chi connectivity index (χ0n) is 11.5. The molecule has 0 aromatic heterocycles. The molecule has 0 aliphatic carbocycles. The Labute approximate surface area is 114 Å². The molecule has 19 heavy (non-hydrogen) atoms. The largest absolute Gasteiger partial charge is 0.371 e. The Morgan fingerprint density at radius 2 is 2.21 bits per heavy atom. The van der Waals surface area contributed by atoms with Crippen LogP contribution in [0.4, 0.5) is 5.69 Å². The van der Waals surface area contributed by atoms with Crippen LogP contribution >= 0.6 is 0 Å². The van der Waals surface area contributed by atoms with Crippen molar-refractivity contribution in [2.45, 2.75) is 26.7 Å². The number of benzene rings is 1. The number of ether oxygens (including phenoxy) is 1. The first kappa shape index (κ1) is 15.2. The number of para-hydroxylation sites is 1. The molecule has 0 heterocycles. The van der Waals surface area contributed by atoms with Gasteiger partial charge in [-0.3, -0.25) is 4.79 Å². The van der Waals surface area contributed by atoms with Crippen LogP contribution in [-0.2, 0) is 9.53 Å². The number of anilines is 1. The third-order valence-corrected chi connectivity index (χ3v) is 2.74. The van der Waals surface area contributed by atoms with Crippen LogP contribution < -0.4 is 5.32 Å². The van der Waals surface area contributed by atoms with Crippen molar-refractivity contribution in [2.75, 3.05) is 18.5 Å². The molecule has 1 aromatic rings. The third-order valence-electron chi connectivity index (χ3n) is 2.74. The van der Waals surface area contributed by atoms with E-state index in [9.17, 15) is 4.79 Å². The first-order valence-corrected chi connectivity index (χ1v) is 6.54. The molecule has 0 radical (unpaired) electrons. The Hall–Kier alpha value is -1.86. The van der Waals surface area contributed by atoms with Gasteiger partial charge >= 0.3 is 0 Å². The molecule has 0 aliphatic rings. The van der Waals surface area contributed by atoms with Gasteiger partial charge < -0.3 is 10.1 Å². The lowest BCUT2D eigenvalue weighted by Gasteiger charge is -2.11. The number of carbonyl (C=O) groups is 1. The number of nitrogens with one attached hydrogen (secondary N) is 1. The van der Waals surface area contributed by atoms with E-state index in [1.165, 1.54) is 0 Å². The molecule has 1 unspecified atom stereocenters. The lowest BCUT2D eigenvalue weighted by molar-refractivity contribution is -0.121. The SMILES string of the molecule is CCCC(C)COCC(=O)Nc1ccccc1C#N. The Kier molecular flexibility index (Phi) is 6.62.